The second-order valence-corrected chi connectivity index (χ2v) is 4.57. The van der Waals surface area contributed by atoms with Gasteiger partial charge in [-0.1, -0.05) is 55.5 Å². The summed E-state index contributed by atoms with van der Waals surface area (Å²) in [5, 5.41) is 6.35. The molecule has 0 unspecified atom stereocenters. The maximum atomic E-state index is 11.8. The summed E-state index contributed by atoms with van der Waals surface area (Å²) in [6.45, 7) is 1.98. The second kappa shape index (κ2) is 7.73. The molecule has 22 heavy (non-hydrogen) atoms. The van der Waals surface area contributed by atoms with Crippen molar-refractivity contribution in [1.82, 2.24) is 5.43 Å². The summed E-state index contributed by atoms with van der Waals surface area (Å²) in [4.78, 5) is 23.5. The summed E-state index contributed by atoms with van der Waals surface area (Å²) >= 11 is 0. The fourth-order valence-electron chi connectivity index (χ4n) is 1.88. The number of carbonyl (C=O) groups excluding carboxylic acids is 2. The van der Waals surface area contributed by atoms with Gasteiger partial charge in [0.15, 0.2) is 0 Å². The number of anilines is 1. The smallest absolute Gasteiger partial charge is 0.317 e. The standard InChI is InChI=1S/C17H17N3O2/c1-2-14-10-6-7-11-15(14)19-16(21)17(22)20-18-12-13-8-4-3-5-9-13/h3-12H,2H2,1H3,(H,19,21)(H,20,22). The van der Waals surface area contributed by atoms with Crippen molar-refractivity contribution in [2.24, 2.45) is 5.10 Å². The number of para-hydroxylation sites is 1. The van der Waals surface area contributed by atoms with E-state index in [1.165, 1.54) is 6.21 Å². The molecule has 0 aliphatic rings. The van der Waals surface area contributed by atoms with Crippen LogP contribution < -0.4 is 10.7 Å². The zero-order valence-corrected chi connectivity index (χ0v) is 12.2. The molecule has 0 fully saturated rings. The lowest BCUT2D eigenvalue weighted by Gasteiger charge is -2.08. The van der Waals surface area contributed by atoms with E-state index in [4.69, 9.17) is 0 Å². The molecule has 2 amide bonds. The van der Waals surface area contributed by atoms with Gasteiger partial charge >= 0.3 is 11.8 Å². The molecular weight excluding hydrogens is 278 g/mol. The largest absolute Gasteiger partial charge is 0.329 e. The van der Waals surface area contributed by atoms with E-state index < -0.39 is 11.8 Å². The molecule has 0 bridgehead atoms. The maximum Gasteiger partial charge on any atom is 0.329 e. The van der Waals surface area contributed by atoms with Crippen LogP contribution in [-0.4, -0.2) is 18.0 Å². The zero-order chi connectivity index (χ0) is 15.8. The molecule has 112 valence electrons. The summed E-state index contributed by atoms with van der Waals surface area (Å²) in [5.41, 5.74) is 4.65. The first kappa shape index (κ1) is 15.4. The minimum absolute atomic E-state index is 0.636. The van der Waals surface area contributed by atoms with Gasteiger partial charge in [-0.05, 0) is 23.6 Å². The average molecular weight is 295 g/mol. The van der Waals surface area contributed by atoms with Gasteiger partial charge in [0, 0.05) is 5.69 Å². The van der Waals surface area contributed by atoms with Crippen molar-refractivity contribution in [3.8, 4) is 0 Å². The van der Waals surface area contributed by atoms with E-state index in [0.717, 1.165) is 17.5 Å². The Morgan fingerprint density at radius 1 is 1.00 bits per heavy atom. The van der Waals surface area contributed by atoms with E-state index in [0.29, 0.717) is 5.69 Å². The normalized spacial score (nSPS) is 10.4. The summed E-state index contributed by atoms with van der Waals surface area (Å²) in [6.07, 6.45) is 2.25. The van der Waals surface area contributed by atoms with Crippen molar-refractivity contribution in [3.63, 3.8) is 0 Å². The van der Waals surface area contributed by atoms with Gasteiger partial charge in [-0.15, -0.1) is 0 Å². The molecule has 0 heterocycles. The van der Waals surface area contributed by atoms with E-state index in [-0.39, 0.29) is 0 Å². The van der Waals surface area contributed by atoms with Crippen LogP contribution in [0.2, 0.25) is 0 Å². The van der Waals surface area contributed by atoms with Crippen LogP contribution in [0, 0.1) is 0 Å². The Labute approximate surface area is 129 Å². The zero-order valence-electron chi connectivity index (χ0n) is 12.2. The number of carbonyl (C=O) groups is 2. The van der Waals surface area contributed by atoms with Gasteiger partial charge in [-0.25, -0.2) is 5.43 Å². The first-order valence-electron chi connectivity index (χ1n) is 6.98. The Morgan fingerprint density at radius 3 is 2.41 bits per heavy atom. The topological polar surface area (TPSA) is 70.6 Å². The quantitative estimate of drug-likeness (QED) is 0.516. The van der Waals surface area contributed by atoms with Crippen molar-refractivity contribution >= 4 is 23.7 Å². The molecule has 0 radical (unpaired) electrons. The monoisotopic (exact) mass is 295 g/mol. The number of nitrogens with zero attached hydrogens (tertiary/aromatic N) is 1. The summed E-state index contributed by atoms with van der Waals surface area (Å²) in [5.74, 6) is -1.55. The van der Waals surface area contributed by atoms with Gasteiger partial charge < -0.3 is 5.32 Å². The Bertz CT molecular complexity index is 681. The molecule has 0 atom stereocenters. The van der Waals surface area contributed by atoms with Crippen molar-refractivity contribution in [2.75, 3.05) is 5.32 Å². The summed E-state index contributed by atoms with van der Waals surface area (Å²) in [6, 6.07) is 16.6. The Balaban J connectivity index is 1.92. The van der Waals surface area contributed by atoms with Crippen LogP contribution in [0.1, 0.15) is 18.1 Å². The number of rotatable bonds is 4. The highest BCUT2D eigenvalue weighted by molar-refractivity contribution is 6.39. The fourth-order valence-corrected chi connectivity index (χ4v) is 1.88. The fraction of sp³-hybridized carbons (Fsp3) is 0.118. The lowest BCUT2D eigenvalue weighted by molar-refractivity contribution is -0.136. The van der Waals surface area contributed by atoms with E-state index in [2.05, 4.69) is 15.8 Å². The van der Waals surface area contributed by atoms with Crippen LogP contribution >= 0.6 is 0 Å². The van der Waals surface area contributed by atoms with Gasteiger partial charge in [-0.3, -0.25) is 9.59 Å². The van der Waals surface area contributed by atoms with Crippen LogP contribution in [0.15, 0.2) is 59.7 Å². The average Bonchev–Trinajstić information content (AvgIpc) is 2.56. The number of nitrogens with one attached hydrogen (secondary N) is 2. The first-order valence-corrected chi connectivity index (χ1v) is 6.98. The third-order valence-corrected chi connectivity index (χ3v) is 3.03. The SMILES string of the molecule is CCc1ccccc1NC(=O)C(=O)NN=Cc1ccccc1. The van der Waals surface area contributed by atoms with E-state index in [9.17, 15) is 9.59 Å². The summed E-state index contributed by atoms with van der Waals surface area (Å²) < 4.78 is 0. The molecule has 0 aromatic heterocycles. The second-order valence-electron chi connectivity index (χ2n) is 4.57. The molecule has 0 saturated heterocycles. The Kier molecular flexibility index (Phi) is 5.43. The van der Waals surface area contributed by atoms with E-state index in [1.54, 1.807) is 12.1 Å². The third-order valence-electron chi connectivity index (χ3n) is 3.03. The minimum Gasteiger partial charge on any atom is -0.317 e. The number of benzene rings is 2. The van der Waals surface area contributed by atoms with Crippen LogP contribution in [0.4, 0.5) is 5.69 Å². The molecule has 2 rings (SSSR count). The highest BCUT2D eigenvalue weighted by Gasteiger charge is 2.13. The predicted molar refractivity (Wildman–Crippen MR) is 86.6 cm³/mol. The highest BCUT2D eigenvalue weighted by atomic mass is 16.2. The molecule has 0 aliphatic carbocycles. The van der Waals surface area contributed by atoms with Crippen LogP contribution in [-0.2, 0) is 16.0 Å². The minimum atomic E-state index is -0.807. The molecule has 0 aliphatic heterocycles. The van der Waals surface area contributed by atoms with Gasteiger partial charge in [-0.2, -0.15) is 5.10 Å². The molecule has 0 saturated carbocycles. The molecule has 2 N–H and O–H groups in total. The van der Waals surface area contributed by atoms with Gasteiger partial charge in [0.1, 0.15) is 0 Å². The number of hydrogen-bond acceptors (Lipinski definition) is 3. The van der Waals surface area contributed by atoms with Crippen LogP contribution in [0.5, 0.6) is 0 Å². The van der Waals surface area contributed by atoms with E-state index in [1.807, 2.05) is 49.4 Å². The third kappa shape index (κ3) is 4.28. The maximum absolute atomic E-state index is 11.8. The molecule has 2 aromatic rings. The van der Waals surface area contributed by atoms with E-state index >= 15 is 0 Å². The number of hydrazone groups is 1. The molecule has 2 aromatic carbocycles. The van der Waals surface area contributed by atoms with Crippen LogP contribution in [0.25, 0.3) is 0 Å². The lowest BCUT2D eigenvalue weighted by atomic mass is 10.1. The Hall–Kier alpha value is -2.95. The van der Waals surface area contributed by atoms with Crippen molar-refractivity contribution in [1.29, 1.82) is 0 Å². The van der Waals surface area contributed by atoms with Gasteiger partial charge in [0.25, 0.3) is 0 Å². The van der Waals surface area contributed by atoms with Gasteiger partial charge in [0.05, 0.1) is 6.21 Å². The first-order chi connectivity index (χ1) is 10.7. The molecule has 0 spiro atoms. The number of aryl methyl sites for hydroxylation is 1. The number of amides is 2. The lowest BCUT2D eigenvalue weighted by Crippen LogP contribution is -2.32. The highest BCUT2D eigenvalue weighted by Crippen LogP contribution is 2.14. The van der Waals surface area contributed by atoms with Crippen molar-refractivity contribution < 1.29 is 9.59 Å². The molecule has 5 nitrogen and oxygen atoms in total. The van der Waals surface area contributed by atoms with Gasteiger partial charge in [0.2, 0.25) is 0 Å². The summed E-state index contributed by atoms with van der Waals surface area (Å²) in [7, 11) is 0. The van der Waals surface area contributed by atoms with Crippen LogP contribution in [0.3, 0.4) is 0 Å². The molecular formula is C17H17N3O2. The van der Waals surface area contributed by atoms with Crippen molar-refractivity contribution in [2.45, 2.75) is 13.3 Å². The predicted octanol–water partition coefficient (Wildman–Crippen LogP) is 2.34. The van der Waals surface area contributed by atoms with Crippen molar-refractivity contribution in [3.05, 3.63) is 65.7 Å². The molecule has 5 heteroatoms. The number of hydrogen-bond donors (Lipinski definition) is 2. The Morgan fingerprint density at radius 2 is 1.68 bits per heavy atom.